The molecule has 2 heterocycles. The number of para-hydroxylation sites is 1. The van der Waals surface area contributed by atoms with Crippen LogP contribution in [0.25, 0.3) is 10.9 Å². The van der Waals surface area contributed by atoms with Crippen LogP contribution in [0.2, 0.25) is 0 Å². The van der Waals surface area contributed by atoms with Crippen molar-refractivity contribution in [3.8, 4) is 5.75 Å². The van der Waals surface area contributed by atoms with E-state index in [9.17, 15) is 4.79 Å². The zero-order chi connectivity index (χ0) is 22.5. The van der Waals surface area contributed by atoms with Crippen molar-refractivity contribution in [1.82, 2.24) is 20.1 Å². The van der Waals surface area contributed by atoms with E-state index in [4.69, 9.17) is 4.74 Å². The second-order valence-corrected chi connectivity index (χ2v) is 8.50. The number of nitrogens with zero attached hydrogens (tertiary/aromatic N) is 2. The van der Waals surface area contributed by atoms with Gasteiger partial charge in [-0.25, -0.2) is 0 Å². The van der Waals surface area contributed by atoms with Crippen LogP contribution in [0.15, 0.2) is 54.7 Å². The highest BCUT2D eigenvalue weighted by molar-refractivity contribution is 5.84. The van der Waals surface area contributed by atoms with Gasteiger partial charge in [0.25, 0.3) is 0 Å². The summed E-state index contributed by atoms with van der Waals surface area (Å²) in [5.74, 6) is 1.14. The molecule has 6 heteroatoms. The van der Waals surface area contributed by atoms with Crippen molar-refractivity contribution in [3.05, 3.63) is 65.9 Å². The van der Waals surface area contributed by atoms with Crippen molar-refractivity contribution < 1.29 is 9.53 Å². The van der Waals surface area contributed by atoms with Gasteiger partial charge in [0.1, 0.15) is 5.75 Å². The number of methoxy groups -OCH3 is 1. The number of rotatable bonds is 8. The number of nitrogens with one attached hydrogen (secondary N) is 2. The number of fused-ring (bicyclic) bond motifs is 1. The lowest BCUT2D eigenvalue weighted by Crippen LogP contribution is -2.53. The highest BCUT2D eigenvalue weighted by atomic mass is 16.5. The minimum atomic E-state index is -0.228. The molecule has 1 aromatic heterocycles. The van der Waals surface area contributed by atoms with E-state index >= 15 is 0 Å². The Hall–Kier alpha value is -2.83. The summed E-state index contributed by atoms with van der Waals surface area (Å²) in [5, 5.41) is 4.75. The van der Waals surface area contributed by atoms with Gasteiger partial charge >= 0.3 is 0 Å². The van der Waals surface area contributed by atoms with Crippen LogP contribution in [0.1, 0.15) is 30.9 Å². The standard InChI is InChI=1S/C26H34N4O2/c1-4-29-13-15-30(16-14-29)26(31)19(2)27-17-23(20-9-11-21(32-3)12-10-20)24-18-28-25-8-6-5-7-22(24)25/h5-12,18-19,23,27-28H,4,13-17H2,1-3H3/t19-,23-/m1/s1. The number of hydrogen-bond donors (Lipinski definition) is 2. The van der Waals surface area contributed by atoms with Crippen LogP contribution in [0.4, 0.5) is 0 Å². The molecule has 2 atom stereocenters. The number of carbonyl (C=O) groups is 1. The van der Waals surface area contributed by atoms with Crippen LogP contribution in [0.3, 0.4) is 0 Å². The number of ether oxygens (including phenoxy) is 1. The van der Waals surface area contributed by atoms with Crippen molar-refractivity contribution >= 4 is 16.8 Å². The quantitative estimate of drug-likeness (QED) is 0.570. The van der Waals surface area contributed by atoms with E-state index in [0.717, 1.165) is 44.0 Å². The van der Waals surface area contributed by atoms with E-state index in [1.165, 1.54) is 16.5 Å². The molecule has 0 spiro atoms. The van der Waals surface area contributed by atoms with Crippen LogP contribution in [-0.4, -0.2) is 73.1 Å². The SMILES string of the molecule is CCN1CCN(C(=O)[C@@H](C)NC[C@H](c2ccc(OC)cc2)c2c[nH]c3ccccc23)CC1. The van der Waals surface area contributed by atoms with Gasteiger partial charge in [-0.2, -0.15) is 0 Å². The second kappa shape index (κ2) is 10.2. The Balaban J connectivity index is 1.51. The summed E-state index contributed by atoms with van der Waals surface area (Å²) >= 11 is 0. The zero-order valence-electron chi connectivity index (χ0n) is 19.3. The number of aromatic amines is 1. The topological polar surface area (TPSA) is 60.6 Å². The molecular weight excluding hydrogens is 400 g/mol. The first kappa shape index (κ1) is 22.4. The Bertz CT molecular complexity index is 1020. The molecule has 32 heavy (non-hydrogen) atoms. The third-order valence-electron chi connectivity index (χ3n) is 6.64. The number of H-pyrrole nitrogens is 1. The molecule has 170 valence electrons. The lowest BCUT2D eigenvalue weighted by Gasteiger charge is -2.35. The third-order valence-corrected chi connectivity index (χ3v) is 6.64. The number of benzene rings is 2. The van der Waals surface area contributed by atoms with Crippen LogP contribution in [-0.2, 0) is 4.79 Å². The number of piperazine rings is 1. The molecule has 0 saturated carbocycles. The van der Waals surface area contributed by atoms with E-state index in [1.54, 1.807) is 7.11 Å². The number of likely N-dealkylation sites (N-methyl/N-ethyl adjacent to an activating group) is 1. The fourth-order valence-electron chi connectivity index (χ4n) is 4.57. The second-order valence-electron chi connectivity index (χ2n) is 8.50. The van der Waals surface area contributed by atoms with E-state index in [0.29, 0.717) is 6.54 Å². The molecule has 6 nitrogen and oxygen atoms in total. The summed E-state index contributed by atoms with van der Waals surface area (Å²) < 4.78 is 5.35. The predicted molar refractivity (Wildman–Crippen MR) is 129 cm³/mol. The van der Waals surface area contributed by atoms with Gasteiger partial charge < -0.3 is 24.8 Å². The molecule has 4 rings (SSSR count). The Morgan fingerprint density at radius 1 is 1.09 bits per heavy atom. The highest BCUT2D eigenvalue weighted by Crippen LogP contribution is 2.31. The summed E-state index contributed by atoms with van der Waals surface area (Å²) in [7, 11) is 1.68. The van der Waals surface area contributed by atoms with Gasteiger partial charge in [0, 0.05) is 55.7 Å². The van der Waals surface area contributed by atoms with E-state index < -0.39 is 0 Å². The van der Waals surface area contributed by atoms with Gasteiger partial charge in [0.15, 0.2) is 0 Å². The molecule has 0 radical (unpaired) electrons. The molecule has 3 aromatic rings. The molecule has 1 amide bonds. The molecule has 2 aromatic carbocycles. The van der Waals surface area contributed by atoms with Crippen molar-refractivity contribution in [2.75, 3.05) is 46.4 Å². The Labute approximate surface area is 190 Å². The summed E-state index contributed by atoms with van der Waals surface area (Å²) in [6.07, 6.45) is 2.09. The molecule has 0 unspecified atom stereocenters. The van der Waals surface area contributed by atoms with Crippen LogP contribution < -0.4 is 10.1 Å². The molecule has 0 bridgehead atoms. The molecular formula is C26H34N4O2. The first-order chi connectivity index (χ1) is 15.6. The van der Waals surface area contributed by atoms with E-state index in [1.807, 2.05) is 30.0 Å². The minimum absolute atomic E-state index is 0.115. The molecule has 1 fully saturated rings. The average molecular weight is 435 g/mol. The lowest BCUT2D eigenvalue weighted by atomic mass is 9.90. The number of carbonyl (C=O) groups excluding carboxylic acids is 1. The first-order valence-corrected chi connectivity index (χ1v) is 11.5. The van der Waals surface area contributed by atoms with E-state index in [2.05, 4.69) is 58.7 Å². The van der Waals surface area contributed by atoms with Crippen molar-refractivity contribution in [1.29, 1.82) is 0 Å². The largest absolute Gasteiger partial charge is 0.497 e. The smallest absolute Gasteiger partial charge is 0.239 e. The maximum absolute atomic E-state index is 13.0. The fourth-order valence-corrected chi connectivity index (χ4v) is 4.57. The van der Waals surface area contributed by atoms with Gasteiger partial charge in [-0.05, 0) is 42.8 Å². The Morgan fingerprint density at radius 2 is 1.81 bits per heavy atom. The first-order valence-electron chi connectivity index (χ1n) is 11.5. The molecule has 1 aliphatic heterocycles. The van der Waals surface area contributed by atoms with Gasteiger partial charge in [-0.1, -0.05) is 37.3 Å². The third kappa shape index (κ3) is 4.81. The Morgan fingerprint density at radius 3 is 2.50 bits per heavy atom. The van der Waals surface area contributed by atoms with Gasteiger partial charge in [0.05, 0.1) is 13.2 Å². The van der Waals surface area contributed by atoms with Gasteiger partial charge in [0.2, 0.25) is 5.91 Å². The van der Waals surface area contributed by atoms with Crippen molar-refractivity contribution in [2.24, 2.45) is 0 Å². The van der Waals surface area contributed by atoms with Crippen LogP contribution in [0.5, 0.6) is 5.75 Å². The minimum Gasteiger partial charge on any atom is -0.497 e. The van der Waals surface area contributed by atoms with Gasteiger partial charge in [-0.15, -0.1) is 0 Å². The van der Waals surface area contributed by atoms with Crippen LogP contribution >= 0.6 is 0 Å². The maximum Gasteiger partial charge on any atom is 0.239 e. The van der Waals surface area contributed by atoms with E-state index in [-0.39, 0.29) is 17.9 Å². The number of amides is 1. The molecule has 1 aliphatic rings. The average Bonchev–Trinajstić information content (AvgIpc) is 3.28. The van der Waals surface area contributed by atoms with Crippen LogP contribution in [0, 0.1) is 0 Å². The molecule has 1 saturated heterocycles. The Kier molecular flexibility index (Phi) is 7.12. The summed E-state index contributed by atoms with van der Waals surface area (Å²) in [4.78, 5) is 20.8. The van der Waals surface area contributed by atoms with Gasteiger partial charge in [-0.3, -0.25) is 4.79 Å². The fraction of sp³-hybridized carbons (Fsp3) is 0.423. The summed E-state index contributed by atoms with van der Waals surface area (Å²) in [5.41, 5.74) is 3.55. The summed E-state index contributed by atoms with van der Waals surface area (Å²) in [6.45, 7) is 9.41. The zero-order valence-corrected chi connectivity index (χ0v) is 19.3. The highest BCUT2D eigenvalue weighted by Gasteiger charge is 2.26. The van der Waals surface area contributed by atoms with Crippen molar-refractivity contribution in [2.45, 2.75) is 25.8 Å². The maximum atomic E-state index is 13.0. The molecule has 2 N–H and O–H groups in total. The predicted octanol–water partition coefficient (Wildman–Crippen LogP) is 3.45. The number of hydrogen-bond acceptors (Lipinski definition) is 4. The summed E-state index contributed by atoms with van der Waals surface area (Å²) in [6, 6.07) is 16.4. The number of aromatic nitrogens is 1. The monoisotopic (exact) mass is 434 g/mol. The normalized spacial score (nSPS) is 16.8. The molecule has 0 aliphatic carbocycles. The van der Waals surface area contributed by atoms with Crippen molar-refractivity contribution in [3.63, 3.8) is 0 Å². The lowest BCUT2D eigenvalue weighted by molar-refractivity contribution is -0.134.